The number of hydrogen-bond acceptors (Lipinski definition) is 3. The van der Waals surface area contributed by atoms with Crippen molar-refractivity contribution in [3.05, 3.63) is 48.5 Å². The molecule has 1 aromatic heterocycles. The minimum atomic E-state index is -0.776. The van der Waals surface area contributed by atoms with Crippen molar-refractivity contribution in [2.75, 3.05) is 0 Å². The highest BCUT2D eigenvalue weighted by atomic mass is 16.4. The number of hydrogen-bond donors (Lipinski definition) is 2. The first-order valence-corrected chi connectivity index (χ1v) is 7.25. The summed E-state index contributed by atoms with van der Waals surface area (Å²) < 4.78 is 1.86. The molecule has 114 valence electrons. The average Bonchev–Trinajstić information content (AvgIpc) is 3.19. The van der Waals surface area contributed by atoms with Crippen LogP contribution in [0.25, 0.3) is 5.69 Å². The summed E-state index contributed by atoms with van der Waals surface area (Å²) >= 11 is 0. The van der Waals surface area contributed by atoms with Crippen molar-refractivity contribution < 1.29 is 14.7 Å². The molecule has 0 bridgehead atoms. The maximum atomic E-state index is 12.2. The highest BCUT2D eigenvalue weighted by Crippen LogP contribution is 2.25. The molecule has 0 unspecified atom stereocenters. The molecular weight excluding hydrogens is 282 g/mol. The number of nitrogens with one attached hydrogen (secondary N) is 1. The first-order valence-electron chi connectivity index (χ1n) is 7.25. The molecule has 0 aliphatic heterocycles. The van der Waals surface area contributed by atoms with Gasteiger partial charge in [0.15, 0.2) is 0 Å². The van der Waals surface area contributed by atoms with Crippen molar-refractivity contribution in [3.8, 4) is 5.69 Å². The van der Waals surface area contributed by atoms with Gasteiger partial charge in [0, 0.05) is 29.7 Å². The molecule has 1 aromatic carbocycles. The number of carbonyl (C=O) groups excluding carboxylic acids is 1. The van der Waals surface area contributed by atoms with Gasteiger partial charge < -0.3 is 15.0 Å². The quantitative estimate of drug-likeness (QED) is 0.902. The standard InChI is InChI=1S/C16H17N3O3/c20-15(18-13-4-1-12(9-13)16(21)22)11-2-5-14(6-3-11)19-8-7-17-10-19/h2-3,5-8,10,12-13H,1,4,9H2,(H,18,20)(H,21,22)/t12-,13+/m1/s1. The molecule has 0 saturated heterocycles. The summed E-state index contributed by atoms with van der Waals surface area (Å²) in [4.78, 5) is 27.1. The summed E-state index contributed by atoms with van der Waals surface area (Å²) in [5, 5.41) is 11.9. The van der Waals surface area contributed by atoms with E-state index in [-0.39, 0.29) is 17.9 Å². The molecule has 1 amide bonds. The van der Waals surface area contributed by atoms with Gasteiger partial charge in [-0.05, 0) is 43.5 Å². The lowest BCUT2D eigenvalue weighted by Crippen LogP contribution is -2.33. The average molecular weight is 299 g/mol. The Hall–Kier alpha value is -2.63. The maximum Gasteiger partial charge on any atom is 0.306 e. The van der Waals surface area contributed by atoms with Gasteiger partial charge in [0.2, 0.25) is 0 Å². The van der Waals surface area contributed by atoms with E-state index in [2.05, 4.69) is 10.3 Å². The topological polar surface area (TPSA) is 84.2 Å². The van der Waals surface area contributed by atoms with Crippen molar-refractivity contribution in [1.82, 2.24) is 14.9 Å². The van der Waals surface area contributed by atoms with Crippen molar-refractivity contribution in [3.63, 3.8) is 0 Å². The second-order valence-electron chi connectivity index (χ2n) is 5.54. The fourth-order valence-electron chi connectivity index (χ4n) is 2.80. The van der Waals surface area contributed by atoms with E-state index in [0.717, 1.165) is 12.1 Å². The first kappa shape index (κ1) is 14.3. The van der Waals surface area contributed by atoms with Gasteiger partial charge in [0.25, 0.3) is 5.91 Å². The van der Waals surface area contributed by atoms with Crippen LogP contribution in [0.5, 0.6) is 0 Å². The van der Waals surface area contributed by atoms with Crippen LogP contribution in [-0.2, 0) is 4.79 Å². The van der Waals surface area contributed by atoms with Crippen LogP contribution in [0.2, 0.25) is 0 Å². The smallest absolute Gasteiger partial charge is 0.306 e. The van der Waals surface area contributed by atoms with Crippen LogP contribution in [0, 0.1) is 5.92 Å². The minimum absolute atomic E-state index is 0.0538. The molecule has 2 N–H and O–H groups in total. The minimum Gasteiger partial charge on any atom is -0.481 e. The third-order valence-corrected chi connectivity index (χ3v) is 4.05. The monoisotopic (exact) mass is 299 g/mol. The van der Waals surface area contributed by atoms with Crippen molar-refractivity contribution in [2.24, 2.45) is 5.92 Å². The molecule has 1 heterocycles. The number of benzene rings is 1. The number of rotatable bonds is 4. The summed E-state index contributed by atoms with van der Waals surface area (Å²) in [7, 11) is 0. The predicted octanol–water partition coefficient (Wildman–Crippen LogP) is 1.86. The number of aliphatic carboxylic acids is 1. The fourth-order valence-corrected chi connectivity index (χ4v) is 2.80. The number of carbonyl (C=O) groups is 2. The molecule has 2 atom stereocenters. The third kappa shape index (κ3) is 3.00. The van der Waals surface area contributed by atoms with E-state index in [4.69, 9.17) is 5.11 Å². The first-order chi connectivity index (χ1) is 10.6. The van der Waals surface area contributed by atoms with Crippen LogP contribution in [0.1, 0.15) is 29.6 Å². The number of nitrogens with zero attached hydrogens (tertiary/aromatic N) is 2. The number of carboxylic acid groups (broad SMARTS) is 1. The molecule has 0 radical (unpaired) electrons. The van der Waals surface area contributed by atoms with Gasteiger partial charge in [-0.3, -0.25) is 9.59 Å². The van der Waals surface area contributed by atoms with Crippen LogP contribution in [0.15, 0.2) is 43.0 Å². The van der Waals surface area contributed by atoms with Gasteiger partial charge in [-0.25, -0.2) is 4.98 Å². The Kier molecular flexibility index (Phi) is 3.91. The molecule has 1 aliphatic carbocycles. The molecule has 3 rings (SSSR count). The van der Waals surface area contributed by atoms with E-state index in [1.807, 2.05) is 22.9 Å². The predicted molar refractivity (Wildman–Crippen MR) is 79.8 cm³/mol. The second kappa shape index (κ2) is 6.01. The molecule has 0 spiro atoms. The Bertz CT molecular complexity index is 664. The van der Waals surface area contributed by atoms with Gasteiger partial charge in [-0.1, -0.05) is 0 Å². The fraction of sp³-hybridized carbons (Fsp3) is 0.312. The molecule has 1 fully saturated rings. The number of carboxylic acids is 1. The third-order valence-electron chi connectivity index (χ3n) is 4.05. The molecule has 6 heteroatoms. The molecule has 6 nitrogen and oxygen atoms in total. The Morgan fingerprint density at radius 3 is 2.59 bits per heavy atom. The zero-order valence-corrected chi connectivity index (χ0v) is 12.0. The van der Waals surface area contributed by atoms with Gasteiger partial charge in [0.1, 0.15) is 0 Å². The Labute approximate surface area is 127 Å². The lowest BCUT2D eigenvalue weighted by Gasteiger charge is -2.12. The van der Waals surface area contributed by atoms with E-state index in [1.165, 1.54) is 0 Å². The van der Waals surface area contributed by atoms with E-state index < -0.39 is 5.97 Å². The van der Waals surface area contributed by atoms with Crippen molar-refractivity contribution >= 4 is 11.9 Å². The zero-order chi connectivity index (χ0) is 15.5. The largest absolute Gasteiger partial charge is 0.481 e. The van der Waals surface area contributed by atoms with Crippen LogP contribution in [0.3, 0.4) is 0 Å². The van der Waals surface area contributed by atoms with E-state index in [0.29, 0.717) is 18.4 Å². The Morgan fingerprint density at radius 1 is 1.23 bits per heavy atom. The van der Waals surface area contributed by atoms with E-state index in [9.17, 15) is 9.59 Å². The molecule has 1 aliphatic rings. The van der Waals surface area contributed by atoms with Gasteiger partial charge in [0.05, 0.1) is 12.2 Å². The van der Waals surface area contributed by atoms with Crippen LogP contribution in [0.4, 0.5) is 0 Å². The molecular formula is C16H17N3O3. The van der Waals surface area contributed by atoms with Crippen molar-refractivity contribution in [1.29, 1.82) is 0 Å². The second-order valence-corrected chi connectivity index (χ2v) is 5.54. The summed E-state index contributed by atoms with van der Waals surface area (Å²) in [5.74, 6) is -1.27. The van der Waals surface area contributed by atoms with Crippen LogP contribution < -0.4 is 5.32 Å². The normalized spacial score (nSPS) is 20.7. The highest BCUT2D eigenvalue weighted by molar-refractivity contribution is 5.94. The highest BCUT2D eigenvalue weighted by Gasteiger charge is 2.30. The number of imidazole rings is 1. The zero-order valence-electron chi connectivity index (χ0n) is 12.0. The Morgan fingerprint density at radius 2 is 2.00 bits per heavy atom. The number of aromatic nitrogens is 2. The SMILES string of the molecule is O=C(N[C@H]1CC[C@@H](C(=O)O)C1)c1ccc(-n2ccnc2)cc1. The van der Waals surface area contributed by atoms with E-state index in [1.54, 1.807) is 24.7 Å². The molecule has 1 saturated carbocycles. The molecule has 22 heavy (non-hydrogen) atoms. The summed E-state index contributed by atoms with van der Waals surface area (Å²) in [6.45, 7) is 0. The van der Waals surface area contributed by atoms with Crippen LogP contribution in [-0.4, -0.2) is 32.6 Å². The molecule has 2 aromatic rings. The summed E-state index contributed by atoms with van der Waals surface area (Å²) in [6.07, 6.45) is 7.07. The number of amides is 1. The maximum absolute atomic E-state index is 12.2. The van der Waals surface area contributed by atoms with Crippen LogP contribution >= 0.6 is 0 Å². The van der Waals surface area contributed by atoms with Gasteiger partial charge >= 0.3 is 5.97 Å². The lowest BCUT2D eigenvalue weighted by molar-refractivity contribution is -0.141. The Balaban J connectivity index is 1.62. The van der Waals surface area contributed by atoms with Gasteiger partial charge in [-0.15, -0.1) is 0 Å². The van der Waals surface area contributed by atoms with Crippen molar-refractivity contribution in [2.45, 2.75) is 25.3 Å². The summed E-state index contributed by atoms with van der Waals surface area (Å²) in [5.41, 5.74) is 1.50. The van der Waals surface area contributed by atoms with E-state index >= 15 is 0 Å². The lowest BCUT2D eigenvalue weighted by atomic mass is 10.1. The summed E-state index contributed by atoms with van der Waals surface area (Å²) in [6, 6.07) is 7.17. The van der Waals surface area contributed by atoms with Gasteiger partial charge in [-0.2, -0.15) is 0 Å².